The molecule has 1 atom stereocenters. The zero-order valence-corrected chi connectivity index (χ0v) is 17.8. The van der Waals surface area contributed by atoms with Gasteiger partial charge >= 0.3 is 0 Å². The summed E-state index contributed by atoms with van der Waals surface area (Å²) in [5, 5.41) is 6.83. The second kappa shape index (κ2) is 13.2. The molecule has 1 aromatic rings. The van der Waals surface area contributed by atoms with Crippen molar-refractivity contribution >= 4 is 11.9 Å². The molecule has 5 heteroatoms. The molecule has 0 aliphatic rings. The summed E-state index contributed by atoms with van der Waals surface area (Å²) in [5.41, 5.74) is 1.86. The highest BCUT2D eigenvalue weighted by molar-refractivity contribution is 5.94. The summed E-state index contributed by atoms with van der Waals surface area (Å²) in [5.74, 6) is 0.910. The molecule has 1 aromatic carbocycles. The summed E-state index contributed by atoms with van der Waals surface area (Å²) in [6, 6.07) is 8.24. The maximum atomic E-state index is 12.1. The van der Waals surface area contributed by atoms with Crippen LogP contribution in [0.25, 0.3) is 0 Å². The number of hydrogen-bond acceptors (Lipinski definition) is 2. The van der Waals surface area contributed by atoms with Crippen molar-refractivity contribution in [1.82, 2.24) is 15.5 Å². The number of rotatable bonds is 11. The van der Waals surface area contributed by atoms with Crippen LogP contribution in [0.1, 0.15) is 68.8 Å². The number of benzene rings is 1. The third-order valence-electron chi connectivity index (χ3n) is 4.47. The van der Waals surface area contributed by atoms with E-state index < -0.39 is 0 Å². The normalized spacial score (nSPS) is 12.6. The quantitative estimate of drug-likeness (QED) is 0.351. The van der Waals surface area contributed by atoms with E-state index in [1.807, 2.05) is 18.2 Å². The lowest BCUT2D eigenvalue weighted by Gasteiger charge is -2.17. The van der Waals surface area contributed by atoms with Crippen LogP contribution in [-0.4, -0.2) is 50.0 Å². The Morgan fingerprint density at radius 2 is 1.96 bits per heavy atom. The minimum absolute atomic E-state index is 0.0345. The molecular formula is C22H38N4O. The summed E-state index contributed by atoms with van der Waals surface area (Å²) in [4.78, 5) is 18.4. The number of amides is 1. The molecule has 0 aromatic heterocycles. The average Bonchev–Trinajstić information content (AvgIpc) is 2.65. The fourth-order valence-corrected chi connectivity index (χ4v) is 2.92. The Bertz CT molecular complexity index is 583. The summed E-state index contributed by atoms with van der Waals surface area (Å²) < 4.78 is 0. The first-order chi connectivity index (χ1) is 13.0. The number of unbranched alkanes of at least 4 members (excludes halogenated alkanes) is 3. The van der Waals surface area contributed by atoms with Gasteiger partial charge < -0.3 is 15.5 Å². The van der Waals surface area contributed by atoms with Crippen molar-refractivity contribution in [2.45, 2.75) is 65.3 Å². The number of nitrogens with zero attached hydrogens (tertiary/aromatic N) is 2. The highest BCUT2D eigenvalue weighted by atomic mass is 16.2. The van der Waals surface area contributed by atoms with E-state index in [0.29, 0.717) is 12.6 Å². The highest BCUT2D eigenvalue weighted by Gasteiger charge is 2.08. The molecule has 1 rings (SSSR count). The molecule has 0 saturated heterocycles. The number of guanidine groups is 1. The minimum atomic E-state index is 0.0345. The molecule has 0 saturated carbocycles. The van der Waals surface area contributed by atoms with Gasteiger partial charge in [-0.05, 0) is 44.4 Å². The van der Waals surface area contributed by atoms with Crippen molar-refractivity contribution in [3.05, 3.63) is 35.4 Å². The van der Waals surface area contributed by atoms with Crippen LogP contribution in [0.3, 0.4) is 0 Å². The smallest absolute Gasteiger partial charge is 0.253 e. The third kappa shape index (κ3) is 9.45. The second-order valence-corrected chi connectivity index (χ2v) is 7.31. The van der Waals surface area contributed by atoms with Crippen LogP contribution in [-0.2, 0) is 6.42 Å². The molecule has 0 radical (unpaired) electrons. The number of aliphatic imine (C=N–C) groups is 1. The van der Waals surface area contributed by atoms with Gasteiger partial charge in [-0.15, -0.1) is 0 Å². The third-order valence-corrected chi connectivity index (χ3v) is 4.47. The molecule has 0 fully saturated rings. The number of nitrogens with one attached hydrogen (secondary N) is 2. The van der Waals surface area contributed by atoms with Crippen molar-refractivity contribution < 1.29 is 4.79 Å². The highest BCUT2D eigenvalue weighted by Crippen LogP contribution is 2.08. The van der Waals surface area contributed by atoms with Gasteiger partial charge in [-0.1, -0.05) is 44.7 Å². The number of hydrogen-bond donors (Lipinski definition) is 2. The summed E-state index contributed by atoms with van der Waals surface area (Å²) in [6.45, 7) is 8.08. The second-order valence-electron chi connectivity index (χ2n) is 7.31. The lowest BCUT2D eigenvalue weighted by atomic mass is 10.1. The van der Waals surface area contributed by atoms with Crippen molar-refractivity contribution in [3.63, 3.8) is 0 Å². The van der Waals surface area contributed by atoms with Gasteiger partial charge in [-0.2, -0.15) is 0 Å². The maximum Gasteiger partial charge on any atom is 0.253 e. The van der Waals surface area contributed by atoms with Crippen LogP contribution in [0.2, 0.25) is 0 Å². The molecule has 152 valence electrons. The fraction of sp³-hybridized carbons (Fsp3) is 0.636. The van der Waals surface area contributed by atoms with Crippen molar-refractivity contribution in [2.24, 2.45) is 4.99 Å². The Hall–Kier alpha value is -2.04. The van der Waals surface area contributed by atoms with Gasteiger partial charge in [0, 0.05) is 38.8 Å². The molecule has 0 spiro atoms. The lowest BCUT2D eigenvalue weighted by Crippen LogP contribution is -2.42. The van der Waals surface area contributed by atoms with Crippen LogP contribution in [0.4, 0.5) is 0 Å². The van der Waals surface area contributed by atoms with E-state index in [9.17, 15) is 4.79 Å². The van der Waals surface area contributed by atoms with E-state index in [1.165, 1.54) is 32.1 Å². The van der Waals surface area contributed by atoms with Crippen LogP contribution >= 0.6 is 0 Å². The lowest BCUT2D eigenvalue weighted by molar-refractivity contribution is 0.0827. The average molecular weight is 375 g/mol. The Kier molecular flexibility index (Phi) is 11.2. The molecule has 0 heterocycles. The molecule has 0 bridgehead atoms. The Balaban J connectivity index is 2.55. The summed E-state index contributed by atoms with van der Waals surface area (Å²) in [7, 11) is 3.55. The standard InChI is InChI=1S/C22H38N4O/c1-6-8-9-10-12-18(3)25-22(23-7-2)24-16-15-19-13-11-14-20(17-19)21(27)26(4)5/h11,13-14,17-18H,6-10,12,15-16H2,1-5H3,(H2,23,24,25). The SMILES string of the molecule is CCCCCCC(C)NC(=NCCc1cccc(C(=O)N(C)C)c1)NCC. The van der Waals surface area contributed by atoms with Crippen molar-refractivity contribution in [2.75, 3.05) is 27.2 Å². The Morgan fingerprint density at radius 3 is 2.63 bits per heavy atom. The topological polar surface area (TPSA) is 56.7 Å². The molecule has 2 N–H and O–H groups in total. The van der Waals surface area contributed by atoms with Gasteiger partial charge in [0.05, 0.1) is 0 Å². The number of carbonyl (C=O) groups excluding carboxylic acids is 1. The largest absolute Gasteiger partial charge is 0.357 e. The van der Waals surface area contributed by atoms with Crippen molar-refractivity contribution in [3.8, 4) is 0 Å². The molecule has 1 unspecified atom stereocenters. The van der Waals surface area contributed by atoms with Crippen LogP contribution < -0.4 is 10.6 Å². The number of carbonyl (C=O) groups is 1. The summed E-state index contributed by atoms with van der Waals surface area (Å²) >= 11 is 0. The molecule has 5 nitrogen and oxygen atoms in total. The zero-order valence-electron chi connectivity index (χ0n) is 17.8. The van der Waals surface area contributed by atoms with E-state index in [0.717, 1.165) is 30.1 Å². The molecule has 0 aliphatic carbocycles. The first-order valence-corrected chi connectivity index (χ1v) is 10.3. The van der Waals surface area contributed by atoms with E-state index in [1.54, 1.807) is 19.0 Å². The van der Waals surface area contributed by atoms with E-state index in [-0.39, 0.29) is 5.91 Å². The van der Waals surface area contributed by atoms with Crippen molar-refractivity contribution in [1.29, 1.82) is 0 Å². The zero-order chi connectivity index (χ0) is 20.1. The predicted molar refractivity (Wildman–Crippen MR) is 115 cm³/mol. The molecular weight excluding hydrogens is 336 g/mol. The van der Waals surface area contributed by atoms with E-state index in [4.69, 9.17) is 4.99 Å². The monoisotopic (exact) mass is 374 g/mol. The molecule has 27 heavy (non-hydrogen) atoms. The Morgan fingerprint density at radius 1 is 1.19 bits per heavy atom. The van der Waals surface area contributed by atoms with Gasteiger partial charge in [0.1, 0.15) is 0 Å². The van der Waals surface area contributed by atoms with Crippen LogP contribution in [0.5, 0.6) is 0 Å². The fourth-order valence-electron chi connectivity index (χ4n) is 2.92. The summed E-state index contributed by atoms with van der Waals surface area (Å²) in [6.07, 6.45) is 7.13. The predicted octanol–water partition coefficient (Wildman–Crippen LogP) is 3.84. The molecule has 0 aliphatic heterocycles. The first kappa shape index (κ1) is 23.0. The van der Waals surface area contributed by atoms with E-state index in [2.05, 4.69) is 37.5 Å². The van der Waals surface area contributed by atoms with Crippen LogP contribution in [0, 0.1) is 0 Å². The maximum absolute atomic E-state index is 12.1. The van der Waals surface area contributed by atoms with Gasteiger partial charge in [0.25, 0.3) is 5.91 Å². The van der Waals surface area contributed by atoms with Gasteiger partial charge in [0.15, 0.2) is 5.96 Å². The van der Waals surface area contributed by atoms with Gasteiger partial charge in [-0.25, -0.2) is 0 Å². The van der Waals surface area contributed by atoms with Gasteiger partial charge in [0.2, 0.25) is 0 Å². The minimum Gasteiger partial charge on any atom is -0.357 e. The molecule has 1 amide bonds. The van der Waals surface area contributed by atoms with Gasteiger partial charge in [-0.3, -0.25) is 9.79 Å². The van der Waals surface area contributed by atoms with Crippen LogP contribution in [0.15, 0.2) is 29.3 Å². The first-order valence-electron chi connectivity index (χ1n) is 10.3. The van der Waals surface area contributed by atoms with E-state index >= 15 is 0 Å². The Labute approximate surface area is 165 Å².